The van der Waals surface area contributed by atoms with Crippen LogP contribution in [0.5, 0.6) is 0 Å². The Bertz CT molecular complexity index is 349. The maximum atomic E-state index is 9.90. The standard InChI is InChI=1S/C6H10O4.C4H10O2.C3H8O3.C3H4O2/c7-5(8)3-1-2-4-6(9)10;1-2-3-4(5)6;4-1-3(6)2-5;1-2-3(4)5/h1-4H2,(H,7,8)(H,9,10);4-6H,2-3H2,1H3;3-6H,1-2H2;2H,1H2,(H,4,5). The van der Waals surface area contributed by atoms with E-state index in [4.69, 9.17) is 40.9 Å². The van der Waals surface area contributed by atoms with Crippen LogP contribution in [0.3, 0.4) is 0 Å². The Balaban J connectivity index is -0.000000137. The van der Waals surface area contributed by atoms with E-state index in [1.807, 2.05) is 6.92 Å². The average Bonchev–Trinajstić information content (AvgIpc) is 2.59. The van der Waals surface area contributed by atoms with Gasteiger partial charge in [0.05, 0.1) is 13.2 Å². The fraction of sp³-hybridized carbons (Fsp3) is 0.688. The first kappa shape index (κ1) is 32.6. The third-order valence-electron chi connectivity index (χ3n) is 2.17. The Kier molecular flexibility index (Phi) is 31.6. The Morgan fingerprint density at radius 2 is 1.22 bits per heavy atom. The van der Waals surface area contributed by atoms with Crippen molar-refractivity contribution in [3.63, 3.8) is 0 Å². The molecule has 0 saturated heterocycles. The molecule has 0 aliphatic carbocycles. The van der Waals surface area contributed by atoms with Crippen LogP contribution in [-0.4, -0.2) is 84.4 Å². The van der Waals surface area contributed by atoms with Gasteiger partial charge in [0.15, 0.2) is 6.29 Å². The van der Waals surface area contributed by atoms with Gasteiger partial charge in [-0.05, 0) is 19.3 Å². The molecule has 0 spiro atoms. The summed E-state index contributed by atoms with van der Waals surface area (Å²) in [5, 5.41) is 64.1. The van der Waals surface area contributed by atoms with Gasteiger partial charge in [0.25, 0.3) is 0 Å². The lowest BCUT2D eigenvalue weighted by molar-refractivity contribution is -0.139. The Hall–Kier alpha value is -2.05. The zero-order valence-corrected chi connectivity index (χ0v) is 15.4. The van der Waals surface area contributed by atoms with E-state index in [0.29, 0.717) is 19.3 Å². The van der Waals surface area contributed by atoms with Crippen LogP contribution in [-0.2, 0) is 14.4 Å². The lowest BCUT2D eigenvalue weighted by Crippen LogP contribution is -2.15. The van der Waals surface area contributed by atoms with Crippen LogP contribution in [0.4, 0.5) is 0 Å². The summed E-state index contributed by atoms with van der Waals surface area (Å²) in [5.74, 6) is -2.72. The number of hydrogen-bond acceptors (Lipinski definition) is 8. The first-order valence-electron chi connectivity index (χ1n) is 8.03. The number of carboxylic acids is 3. The number of aliphatic hydroxyl groups is 5. The minimum absolute atomic E-state index is 0.0628. The summed E-state index contributed by atoms with van der Waals surface area (Å²) in [5.41, 5.74) is 0. The molecular formula is C16H32O11. The van der Waals surface area contributed by atoms with Crippen LogP contribution in [0, 0.1) is 0 Å². The highest BCUT2D eigenvalue weighted by Gasteiger charge is 1.99. The molecule has 0 rings (SSSR count). The van der Waals surface area contributed by atoms with E-state index in [9.17, 15) is 14.4 Å². The molecule has 0 fully saturated rings. The van der Waals surface area contributed by atoms with E-state index in [0.717, 1.165) is 12.5 Å². The monoisotopic (exact) mass is 400 g/mol. The third kappa shape index (κ3) is 59.3. The number of rotatable bonds is 10. The molecule has 0 aromatic heterocycles. The van der Waals surface area contributed by atoms with E-state index >= 15 is 0 Å². The van der Waals surface area contributed by atoms with Crippen molar-refractivity contribution in [3.05, 3.63) is 12.7 Å². The van der Waals surface area contributed by atoms with E-state index < -0.39 is 30.3 Å². The molecule has 0 aromatic carbocycles. The minimum atomic E-state index is -1.10. The number of carbonyl (C=O) groups is 3. The second-order valence-electron chi connectivity index (χ2n) is 4.83. The number of aliphatic carboxylic acids is 3. The SMILES string of the molecule is C=CC(=O)O.CCCC(O)O.O=C(O)CCCCC(=O)O.OCC(O)CO. The maximum Gasteiger partial charge on any atom is 0.327 e. The topological polar surface area (TPSA) is 213 Å². The van der Waals surface area contributed by atoms with Gasteiger partial charge in [0.2, 0.25) is 0 Å². The normalized spacial score (nSPS) is 9.04. The van der Waals surface area contributed by atoms with Gasteiger partial charge in [-0.25, -0.2) is 4.79 Å². The fourth-order valence-corrected chi connectivity index (χ4v) is 0.868. The molecule has 0 radical (unpaired) electrons. The van der Waals surface area contributed by atoms with Crippen molar-refractivity contribution in [2.24, 2.45) is 0 Å². The lowest BCUT2D eigenvalue weighted by atomic mass is 10.2. The van der Waals surface area contributed by atoms with Crippen LogP contribution in [0.15, 0.2) is 12.7 Å². The molecular weight excluding hydrogens is 368 g/mol. The second kappa shape index (κ2) is 26.2. The Labute approximate surface area is 157 Å². The van der Waals surface area contributed by atoms with Gasteiger partial charge in [0, 0.05) is 18.9 Å². The van der Waals surface area contributed by atoms with Gasteiger partial charge in [0.1, 0.15) is 6.10 Å². The van der Waals surface area contributed by atoms with Crippen LogP contribution in [0.2, 0.25) is 0 Å². The molecule has 162 valence electrons. The molecule has 11 nitrogen and oxygen atoms in total. The highest BCUT2D eigenvalue weighted by Crippen LogP contribution is 1.98. The number of aliphatic hydroxyl groups excluding tert-OH is 4. The Morgan fingerprint density at radius 3 is 1.30 bits per heavy atom. The van der Waals surface area contributed by atoms with Crippen LogP contribution in [0.1, 0.15) is 45.4 Å². The highest BCUT2D eigenvalue weighted by atomic mass is 16.5. The minimum Gasteiger partial charge on any atom is -0.481 e. The lowest BCUT2D eigenvalue weighted by Gasteiger charge is -1.96. The van der Waals surface area contributed by atoms with Crippen LogP contribution < -0.4 is 0 Å². The zero-order chi connectivity index (χ0) is 22.3. The van der Waals surface area contributed by atoms with Crippen molar-refractivity contribution in [2.75, 3.05) is 13.2 Å². The second-order valence-corrected chi connectivity index (χ2v) is 4.83. The Morgan fingerprint density at radius 1 is 0.889 bits per heavy atom. The maximum absolute atomic E-state index is 9.90. The summed E-state index contributed by atoms with van der Waals surface area (Å²) in [4.78, 5) is 29.0. The van der Waals surface area contributed by atoms with Gasteiger partial charge in [-0.15, -0.1) is 0 Å². The zero-order valence-electron chi connectivity index (χ0n) is 15.4. The number of unbranched alkanes of at least 4 members (excludes halogenated alkanes) is 1. The highest BCUT2D eigenvalue weighted by molar-refractivity contribution is 5.78. The van der Waals surface area contributed by atoms with Crippen molar-refractivity contribution in [2.45, 2.75) is 57.8 Å². The molecule has 0 unspecified atom stereocenters. The summed E-state index contributed by atoms with van der Waals surface area (Å²) in [6, 6.07) is 0. The van der Waals surface area contributed by atoms with Gasteiger partial charge in [-0.3, -0.25) is 9.59 Å². The largest absolute Gasteiger partial charge is 0.481 e. The predicted molar refractivity (Wildman–Crippen MR) is 94.9 cm³/mol. The van der Waals surface area contributed by atoms with E-state index in [-0.39, 0.29) is 26.1 Å². The molecule has 11 heteroatoms. The first-order chi connectivity index (χ1) is 12.5. The fourth-order valence-electron chi connectivity index (χ4n) is 0.868. The van der Waals surface area contributed by atoms with Crippen molar-refractivity contribution in [3.8, 4) is 0 Å². The quantitative estimate of drug-likeness (QED) is 0.132. The molecule has 27 heavy (non-hydrogen) atoms. The molecule has 0 aliphatic rings. The smallest absolute Gasteiger partial charge is 0.327 e. The predicted octanol–water partition coefficient (Wildman–Crippen LogP) is -0.598. The molecule has 0 atom stereocenters. The summed E-state index contributed by atoms with van der Waals surface area (Å²) >= 11 is 0. The van der Waals surface area contributed by atoms with Gasteiger partial charge >= 0.3 is 17.9 Å². The van der Waals surface area contributed by atoms with Crippen molar-refractivity contribution < 1.29 is 55.2 Å². The molecule has 0 aliphatic heterocycles. The average molecular weight is 400 g/mol. The van der Waals surface area contributed by atoms with Crippen molar-refractivity contribution in [1.82, 2.24) is 0 Å². The molecule has 0 bridgehead atoms. The third-order valence-corrected chi connectivity index (χ3v) is 2.17. The first-order valence-corrected chi connectivity index (χ1v) is 8.03. The molecule has 0 saturated carbocycles. The summed E-state index contributed by atoms with van der Waals surface area (Å²) in [7, 11) is 0. The van der Waals surface area contributed by atoms with Gasteiger partial charge in [-0.1, -0.05) is 19.9 Å². The van der Waals surface area contributed by atoms with Crippen molar-refractivity contribution in [1.29, 1.82) is 0 Å². The van der Waals surface area contributed by atoms with Gasteiger partial charge < -0.3 is 40.9 Å². The number of carboxylic acid groups (broad SMARTS) is 3. The van der Waals surface area contributed by atoms with Crippen molar-refractivity contribution >= 4 is 17.9 Å². The van der Waals surface area contributed by atoms with Crippen LogP contribution in [0.25, 0.3) is 0 Å². The van der Waals surface area contributed by atoms with Gasteiger partial charge in [-0.2, -0.15) is 0 Å². The van der Waals surface area contributed by atoms with E-state index in [2.05, 4.69) is 6.58 Å². The molecule has 0 heterocycles. The summed E-state index contributed by atoms with van der Waals surface area (Å²) in [6.07, 6.45) is 1.11. The molecule has 0 aromatic rings. The molecule has 0 amide bonds. The summed E-state index contributed by atoms with van der Waals surface area (Å²) in [6.45, 7) is 4.13. The van der Waals surface area contributed by atoms with E-state index in [1.165, 1.54) is 0 Å². The number of hydrogen-bond donors (Lipinski definition) is 8. The summed E-state index contributed by atoms with van der Waals surface area (Å²) < 4.78 is 0. The van der Waals surface area contributed by atoms with E-state index in [1.54, 1.807) is 0 Å². The van der Waals surface area contributed by atoms with Crippen LogP contribution >= 0.6 is 0 Å². The molecule has 8 N–H and O–H groups in total.